The van der Waals surface area contributed by atoms with Crippen molar-refractivity contribution in [2.75, 3.05) is 5.75 Å². The van der Waals surface area contributed by atoms with Crippen molar-refractivity contribution in [2.24, 2.45) is 23.2 Å². The van der Waals surface area contributed by atoms with Gasteiger partial charge in [-0.15, -0.1) is 10.2 Å². The number of amides is 1. The number of aliphatic carboxylic acids is 1. The Morgan fingerprint density at radius 1 is 1.26 bits per heavy atom. The molecule has 0 spiro atoms. The summed E-state index contributed by atoms with van der Waals surface area (Å²) in [6, 6.07) is 6.78. The normalized spacial score (nSPS) is 32.5. The molecule has 4 aliphatic carbocycles. The average Bonchev–Trinajstić information content (AvgIpc) is 3.17. The summed E-state index contributed by atoms with van der Waals surface area (Å²) < 4.78 is 5.57. The third-order valence-corrected chi connectivity index (χ3v) is 7.28. The molecule has 1 heterocycles. The summed E-state index contributed by atoms with van der Waals surface area (Å²) in [5.41, 5.74) is 0.0362. The summed E-state index contributed by atoms with van der Waals surface area (Å²) in [5, 5.41) is 21.4. The van der Waals surface area contributed by atoms with Gasteiger partial charge in [0.1, 0.15) is 0 Å². The second-order valence-electron chi connectivity index (χ2n) is 7.40. The number of rotatable bonds is 6. The van der Waals surface area contributed by atoms with Crippen molar-refractivity contribution in [3.63, 3.8) is 0 Å². The van der Waals surface area contributed by atoms with Crippen molar-refractivity contribution >= 4 is 35.2 Å². The monoisotopic (exact) mass is 405 g/mol. The molecule has 4 aliphatic rings. The van der Waals surface area contributed by atoms with Crippen LogP contribution in [-0.4, -0.2) is 39.0 Å². The van der Waals surface area contributed by atoms with E-state index < -0.39 is 11.4 Å². The van der Waals surface area contributed by atoms with E-state index in [-0.39, 0.29) is 29.5 Å². The van der Waals surface area contributed by atoms with Crippen molar-refractivity contribution in [3.8, 4) is 11.5 Å². The first-order valence-electron chi connectivity index (χ1n) is 8.75. The molecule has 4 bridgehead atoms. The molecule has 1 amide bonds. The topological polar surface area (TPSA) is 105 Å². The Labute approximate surface area is 163 Å². The minimum atomic E-state index is -0.764. The summed E-state index contributed by atoms with van der Waals surface area (Å²) >= 11 is 7.00. The van der Waals surface area contributed by atoms with E-state index in [1.807, 2.05) is 0 Å². The van der Waals surface area contributed by atoms with E-state index in [2.05, 4.69) is 15.5 Å². The van der Waals surface area contributed by atoms with Crippen molar-refractivity contribution in [1.82, 2.24) is 15.5 Å². The lowest BCUT2D eigenvalue weighted by Gasteiger charge is -2.21. The standard InChI is InChI=1S/C18H16ClN3O4S/c19-10-3-1-8(2-4-10)15-21-22-17(26-15)27-7-13(23)20-14-9-5-11-12(6-9)18(11,14)16(24)25/h1-4,9,11-12,14H,5-7H2,(H,20,23)(H,24,25). The summed E-state index contributed by atoms with van der Waals surface area (Å²) in [7, 11) is 0. The first kappa shape index (κ1) is 17.1. The highest BCUT2D eigenvalue weighted by atomic mass is 35.5. The van der Waals surface area contributed by atoms with Crippen molar-refractivity contribution < 1.29 is 19.1 Å². The van der Waals surface area contributed by atoms with Crippen molar-refractivity contribution in [1.29, 1.82) is 0 Å². The maximum absolute atomic E-state index is 12.4. The number of hydrogen-bond donors (Lipinski definition) is 2. The number of carboxylic acid groups (broad SMARTS) is 1. The van der Waals surface area contributed by atoms with Gasteiger partial charge in [-0.3, -0.25) is 9.59 Å². The van der Waals surface area contributed by atoms with Gasteiger partial charge < -0.3 is 14.8 Å². The number of carbonyl (C=O) groups is 2. The Hall–Kier alpha value is -2.06. The van der Waals surface area contributed by atoms with E-state index in [1.165, 1.54) is 0 Å². The molecular weight excluding hydrogens is 390 g/mol. The first-order chi connectivity index (χ1) is 13.0. The molecule has 27 heavy (non-hydrogen) atoms. The molecule has 0 radical (unpaired) electrons. The maximum Gasteiger partial charge on any atom is 0.312 e. The SMILES string of the molecule is O=C(CSc1nnc(-c2ccc(Cl)cc2)o1)NC1C2CC3C(C2)C31C(=O)O. The molecule has 140 valence electrons. The van der Waals surface area contributed by atoms with Gasteiger partial charge in [-0.1, -0.05) is 23.4 Å². The molecule has 9 heteroatoms. The smallest absolute Gasteiger partial charge is 0.312 e. The molecule has 6 rings (SSSR count). The Bertz CT molecular complexity index is 919. The van der Waals surface area contributed by atoms with Gasteiger partial charge in [0.05, 0.1) is 11.2 Å². The average molecular weight is 406 g/mol. The number of halogens is 1. The number of aromatic nitrogens is 2. The van der Waals surface area contributed by atoms with Gasteiger partial charge in [-0.2, -0.15) is 0 Å². The van der Waals surface area contributed by atoms with E-state index in [4.69, 9.17) is 16.0 Å². The molecule has 1 aromatic carbocycles. The lowest BCUT2D eigenvalue weighted by molar-refractivity contribution is -0.144. The summed E-state index contributed by atoms with van der Waals surface area (Å²) in [4.78, 5) is 24.1. The first-order valence-corrected chi connectivity index (χ1v) is 10.1. The fraction of sp³-hybridized carbons (Fsp3) is 0.444. The van der Waals surface area contributed by atoms with Gasteiger partial charge in [0.2, 0.25) is 11.8 Å². The van der Waals surface area contributed by atoms with Crippen LogP contribution in [0.2, 0.25) is 5.02 Å². The zero-order chi connectivity index (χ0) is 18.8. The third kappa shape index (κ3) is 2.50. The second kappa shape index (κ2) is 5.97. The molecule has 4 saturated carbocycles. The summed E-state index contributed by atoms with van der Waals surface area (Å²) in [6.45, 7) is 0. The molecule has 0 aliphatic heterocycles. The minimum absolute atomic E-state index is 0.108. The lowest BCUT2D eigenvalue weighted by Crippen LogP contribution is -2.45. The van der Waals surface area contributed by atoms with Gasteiger partial charge in [-0.25, -0.2) is 0 Å². The van der Waals surface area contributed by atoms with Gasteiger partial charge in [0.15, 0.2) is 0 Å². The minimum Gasteiger partial charge on any atom is -0.481 e. The highest BCUT2D eigenvalue weighted by Crippen LogP contribution is 2.79. The predicted octanol–water partition coefficient (Wildman–Crippen LogP) is 2.71. The fourth-order valence-electron chi connectivity index (χ4n) is 5.16. The molecule has 2 N–H and O–H groups in total. The largest absolute Gasteiger partial charge is 0.481 e. The molecule has 3 unspecified atom stereocenters. The van der Waals surface area contributed by atoms with Crippen LogP contribution in [0, 0.1) is 23.2 Å². The van der Waals surface area contributed by atoms with Crippen molar-refractivity contribution in [3.05, 3.63) is 29.3 Å². The van der Waals surface area contributed by atoms with E-state index in [0.29, 0.717) is 22.1 Å². The molecule has 2 aromatic rings. The second-order valence-corrected chi connectivity index (χ2v) is 8.76. The highest BCUT2D eigenvalue weighted by Gasteiger charge is 2.83. The number of carboxylic acids is 1. The van der Waals surface area contributed by atoms with Crippen molar-refractivity contribution in [2.45, 2.75) is 24.1 Å². The van der Waals surface area contributed by atoms with E-state index >= 15 is 0 Å². The molecule has 4 fully saturated rings. The van der Waals surface area contributed by atoms with Crippen LogP contribution >= 0.6 is 23.4 Å². The number of hydrogen-bond acceptors (Lipinski definition) is 6. The van der Waals surface area contributed by atoms with E-state index in [1.54, 1.807) is 24.3 Å². The van der Waals surface area contributed by atoms with Crippen LogP contribution in [0.25, 0.3) is 11.5 Å². The zero-order valence-corrected chi connectivity index (χ0v) is 15.7. The predicted molar refractivity (Wildman–Crippen MR) is 97.2 cm³/mol. The van der Waals surface area contributed by atoms with Crippen LogP contribution < -0.4 is 5.32 Å². The number of benzene rings is 1. The zero-order valence-electron chi connectivity index (χ0n) is 14.1. The Balaban J connectivity index is 1.20. The quantitative estimate of drug-likeness (QED) is 0.711. The Morgan fingerprint density at radius 2 is 1.96 bits per heavy atom. The fourth-order valence-corrected chi connectivity index (χ4v) is 5.86. The Morgan fingerprint density at radius 3 is 2.63 bits per heavy atom. The van der Waals surface area contributed by atoms with Crippen LogP contribution in [0.1, 0.15) is 12.8 Å². The van der Waals surface area contributed by atoms with Crippen LogP contribution in [0.3, 0.4) is 0 Å². The van der Waals surface area contributed by atoms with E-state index in [0.717, 1.165) is 30.2 Å². The Kier molecular flexibility index (Phi) is 3.77. The van der Waals surface area contributed by atoms with Gasteiger partial charge in [0, 0.05) is 16.6 Å². The molecule has 7 nitrogen and oxygen atoms in total. The van der Waals surface area contributed by atoms with Gasteiger partial charge in [0.25, 0.3) is 5.22 Å². The lowest BCUT2D eigenvalue weighted by atomic mass is 9.97. The third-order valence-electron chi connectivity index (χ3n) is 6.21. The van der Waals surface area contributed by atoms with E-state index in [9.17, 15) is 14.7 Å². The number of nitrogens with zero attached hydrogens (tertiary/aromatic N) is 2. The van der Waals surface area contributed by atoms with Crippen LogP contribution in [-0.2, 0) is 9.59 Å². The molecule has 0 saturated heterocycles. The van der Waals surface area contributed by atoms with Gasteiger partial charge >= 0.3 is 5.97 Å². The number of carbonyl (C=O) groups excluding carboxylic acids is 1. The van der Waals surface area contributed by atoms with Crippen LogP contribution in [0.15, 0.2) is 33.9 Å². The molecule has 1 aromatic heterocycles. The highest BCUT2D eigenvalue weighted by molar-refractivity contribution is 7.99. The molecular formula is C18H16ClN3O4S. The van der Waals surface area contributed by atoms with Crippen LogP contribution in [0.5, 0.6) is 0 Å². The van der Waals surface area contributed by atoms with Crippen LogP contribution in [0.4, 0.5) is 0 Å². The number of nitrogens with one attached hydrogen (secondary N) is 1. The summed E-state index contributed by atoms with van der Waals surface area (Å²) in [6.07, 6.45) is 1.84. The summed E-state index contributed by atoms with van der Waals surface area (Å²) in [5.74, 6) is 0.291. The molecule has 3 atom stereocenters. The maximum atomic E-state index is 12.4. The number of thioether (sulfide) groups is 1. The van der Waals surface area contributed by atoms with Gasteiger partial charge in [-0.05, 0) is 54.9 Å².